The van der Waals surface area contributed by atoms with E-state index in [4.69, 9.17) is 14.4 Å². The highest BCUT2D eigenvalue weighted by molar-refractivity contribution is 5.73. The number of ether oxygens (including phenoxy) is 2. The van der Waals surface area contributed by atoms with Crippen molar-refractivity contribution in [3.8, 4) is 0 Å². The summed E-state index contributed by atoms with van der Waals surface area (Å²) in [6.07, 6.45) is 1.86. The van der Waals surface area contributed by atoms with Crippen molar-refractivity contribution < 1.29 is 24.0 Å². The molecule has 0 aromatic carbocycles. The molecule has 1 aliphatic heterocycles. The van der Waals surface area contributed by atoms with Gasteiger partial charge in [0.1, 0.15) is 0 Å². The summed E-state index contributed by atoms with van der Waals surface area (Å²) in [6, 6.07) is 0. The molecule has 19 heavy (non-hydrogen) atoms. The van der Waals surface area contributed by atoms with Gasteiger partial charge in [-0.25, -0.2) is 9.78 Å². The van der Waals surface area contributed by atoms with E-state index in [1.54, 1.807) is 6.92 Å². The zero-order valence-electron chi connectivity index (χ0n) is 12.5. The molecule has 0 aromatic heterocycles. The quantitative estimate of drug-likeness (QED) is 0.309. The fraction of sp³-hybridized carbons (Fsp3) is 0.929. The molecule has 5 heteroatoms. The van der Waals surface area contributed by atoms with Crippen molar-refractivity contribution in [2.45, 2.75) is 59.5 Å². The molecule has 0 radical (unpaired) electrons. The third-order valence-corrected chi connectivity index (χ3v) is 3.80. The molecule has 4 unspecified atom stereocenters. The van der Waals surface area contributed by atoms with E-state index < -0.39 is 12.6 Å². The first-order valence-corrected chi connectivity index (χ1v) is 7.10. The van der Waals surface area contributed by atoms with Crippen LogP contribution in [0.2, 0.25) is 0 Å². The van der Waals surface area contributed by atoms with Gasteiger partial charge >= 0.3 is 5.97 Å². The molecule has 1 heterocycles. The second-order valence-electron chi connectivity index (χ2n) is 5.09. The van der Waals surface area contributed by atoms with Gasteiger partial charge in [-0.05, 0) is 25.7 Å². The largest absolute Gasteiger partial charge is 0.435 e. The first-order valence-electron chi connectivity index (χ1n) is 7.10. The minimum Gasteiger partial charge on any atom is -0.435 e. The number of hydrogen-bond acceptors (Lipinski definition) is 5. The SMILES string of the molecule is CCCC1C(CC)C(OC(C)OOC)OC(=O)[C@H]1C. The molecule has 0 N–H and O–H groups in total. The van der Waals surface area contributed by atoms with Crippen molar-refractivity contribution in [3.05, 3.63) is 0 Å². The maximum Gasteiger partial charge on any atom is 0.311 e. The number of rotatable bonds is 7. The molecule has 5 atom stereocenters. The van der Waals surface area contributed by atoms with Crippen LogP contribution in [-0.2, 0) is 24.0 Å². The molecule has 0 saturated carbocycles. The Hall–Kier alpha value is -0.650. The third-order valence-electron chi connectivity index (χ3n) is 3.80. The topological polar surface area (TPSA) is 54.0 Å². The molecule has 0 aliphatic carbocycles. The lowest BCUT2D eigenvalue weighted by molar-refractivity contribution is -0.387. The van der Waals surface area contributed by atoms with E-state index >= 15 is 0 Å². The van der Waals surface area contributed by atoms with E-state index in [-0.39, 0.29) is 17.8 Å². The summed E-state index contributed by atoms with van der Waals surface area (Å²) in [7, 11) is 1.42. The van der Waals surface area contributed by atoms with Gasteiger partial charge in [-0.3, -0.25) is 4.79 Å². The highest BCUT2D eigenvalue weighted by atomic mass is 17.2. The van der Waals surface area contributed by atoms with Crippen LogP contribution in [0.3, 0.4) is 0 Å². The van der Waals surface area contributed by atoms with Gasteiger partial charge in [0.25, 0.3) is 0 Å². The van der Waals surface area contributed by atoms with Gasteiger partial charge in [-0.15, -0.1) is 0 Å². The molecule has 1 rings (SSSR count). The van der Waals surface area contributed by atoms with Gasteiger partial charge in [0, 0.05) is 5.92 Å². The van der Waals surface area contributed by atoms with Crippen LogP contribution in [0, 0.1) is 17.8 Å². The van der Waals surface area contributed by atoms with Crippen molar-refractivity contribution in [1.82, 2.24) is 0 Å². The number of carbonyl (C=O) groups excluding carboxylic acids is 1. The molecule has 112 valence electrons. The third kappa shape index (κ3) is 4.16. The standard InChI is InChI=1S/C14H26O5/c1-6-8-12-9(3)13(15)18-14(11(12)7-2)17-10(4)19-16-5/h9-12,14H,6-8H2,1-5H3/t9-,10?,11?,12?,14?/m0/s1. The molecule has 0 bridgehead atoms. The van der Waals surface area contributed by atoms with E-state index in [2.05, 4.69) is 18.7 Å². The van der Waals surface area contributed by atoms with E-state index in [9.17, 15) is 4.79 Å². The monoisotopic (exact) mass is 274 g/mol. The van der Waals surface area contributed by atoms with E-state index in [0.717, 1.165) is 19.3 Å². The predicted octanol–water partition coefficient (Wildman–Crippen LogP) is 2.89. The molecule has 1 saturated heterocycles. The predicted molar refractivity (Wildman–Crippen MR) is 69.9 cm³/mol. The maximum atomic E-state index is 11.9. The van der Waals surface area contributed by atoms with Crippen molar-refractivity contribution in [3.63, 3.8) is 0 Å². The van der Waals surface area contributed by atoms with Crippen LogP contribution in [0.15, 0.2) is 0 Å². The molecule has 0 aromatic rings. The van der Waals surface area contributed by atoms with Crippen molar-refractivity contribution in [2.24, 2.45) is 17.8 Å². The van der Waals surface area contributed by atoms with Crippen LogP contribution in [0.1, 0.15) is 47.0 Å². The Bertz CT molecular complexity index is 281. The van der Waals surface area contributed by atoms with Crippen LogP contribution in [-0.4, -0.2) is 25.7 Å². The number of esters is 1. The van der Waals surface area contributed by atoms with Crippen LogP contribution in [0.25, 0.3) is 0 Å². The lowest BCUT2D eigenvalue weighted by atomic mass is 9.76. The van der Waals surface area contributed by atoms with Gasteiger partial charge in [0.2, 0.25) is 6.29 Å². The van der Waals surface area contributed by atoms with Gasteiger partial charge in [-0.2, -0.15) is 0 Å². The average molecular weight is 274 g/mol. The summed E-state index contributed by atoms with van der Waals surface area (Å²) in [5.41, 5.74) is 0. The summed E-state index contributed by atoms with van der Waals surface area (Å²) in [5, 5.41) is 0. The molecule has 1 fully saturated rings. The summed E-state index contributed by atoms with van der Waals surface area (Å²) in [5.74, 6) is 0.257. The molecule has 5 nitrogen and oxygen atoms in total. The lowest BCUT2D eigenvalue weighted by Gasteiger charge is -2.40. The highest BCUT2D eigenvalue weighted by Gasteiger charge is 2.43. The fourth-order valence-electron chi connectivity index (χ4n) is 2.82. The van der Waals surface area contributed by atoms with Gasteiger partial charge in [-0.1, -0.05) is 27.2 Å². The smallest absolute Gasteiger partial charge is 0.311 e. The minimum absolute atomic E-state index is 0.0663. The summed E-state index contributed by atoms with van der Waals surface area (Å²) >= 11 is 0. The van der Waals surface area contributed by atoms with E-state index in [1.807, 2.05) is 6.92 Å². The van der Waals surface area contributed by atoms with Crippen LogP contribution in [0.4, 0.5) is 0 Å². The minimum atomic E-state index is -0.562. The van der Waals surface area contributed by atoms with Gasteiger partial charge < -0.3 is 9.47 Å². The normalized spacial score (nSPS) is 33.0. The maximum absolute atomic E-state index is 11.9. The van der Waals surface area contributed by atoms with Crippen LogP contribution >= 0.6 is 0 Å². The molecule has 1 aliphatic rings. The molecule has 0 spiro atoms. The summed E-state index contributed by atoms with van der Waals surface area (Å²) < 4.78 is 11.0. The van der Waals surface area contributed by atoms with Crippen molar-refractivity contribution >= 4 is 5.97 Å². The first-order chi connectivity index (χ1) is 9.04. The number of hydrogen-bond donors (Lipinski definition) is 0. The Kier molecular flexibility index (Phi) is 6.75. The summed E-state index contributed by atoms with van der Waals surface area (Å²) in [6.45, 7) is 7.89. The average Bonchev–Trinajstić information content (AvgIpc) is 2.36. The van der Waals surface area contributed by atoms with Crippen molar-refractivity contribution in [2.75, 3.05) is 7.11 Å². The number of cyclic esters (lactones) is 1. The zero-order chi connectivity index (χ0) is 14.4. The second kappa shape index (κ2) is 7.82. The van der Waals surface area contributed by atoms with E-state index in [0.29, 0.717) is 5.92 Å². The Morgan fingerprint density at radius 3 is 2.53 bits per heavy atom. The van der Waals surface area contributed by atoms with Crippen LogP contribution in [0.5, 0.6) is 0 Å². The number of carbonyl (C=O) groups is 1. The van der Waals surface area contributed by atoms with Gasteiger partial charge in [0.15, 0.2) is 6.29 Å². The van der Waals surface area contributed by atoms with Crippen LogP contribution < -0.4 is 0 Å². The van der Waals surface area contributed by atoms with E-state index in [1.165, 1.54) is 7.11 Å². The Labute approximate surface area is 115 Å². The molecular weight excluding hydrogens is 248 g/mol. The highest BCUT2D eigenvalue weighted by Crippen LogP contribution is 2.38. The molecule has 0 amide bonds. The fourth-order valence-corrected chi connectivity index (χ4v) is 2.82. The van der Waals surface area contributed by atoms with Gasteiger partial charge in [0.05, 0.1) is 13.0 Å². The Balaban J connectivity index is 2.75. The second-order valence-corrected chi connectivity index (χ2v) is 5.09. The Morgan fingerprint density at radius 2 is 2.00 bits per heavy atom. The zero-order valence-corrected chi connectivity index (χ0v) is 12.5. The molecular formula is C14H26O5. The Morgan fingerprint density at radius 1 is 1.32 bits per heavy atom. The first kappa shape index (κ1) is 16.4. The lowest BCUT2D eigenvalue weighted by Crippen LogP contribution is -2.46. The van der Waals surface area contributed by atoms with Crippen molar-refractivity contribution in [1.29, 1.82) is 0 Å². The summed E-state index contributed by atoms with van der Waals surface area (Å²) in [4.78, 5) is 21.4.